The number of carbonyl (C=O) groups is 2. The summed E-state index contributed by atoms with van der Waals surface area (Å²) in [6.45, 7) is 3.80. The number of aromatic carboxylic acids is 2. The number of aromatic nitrogens is 4. The summed E-state index contributed by atoms with van der Waals surface area (Å²) in [7, 11) is 0. The third kappa shape index (κ3) is 5.88. The van der Waals surface area contributed by atoms with Gasteiger partial charge in [0.25, 0.3) is 11.1 Å². The van der Waals surface area contributed by atoms with E-state index in [2.05, 4.69) is 19.9 Å². The van der Waals surface area contributed by atoms with E-state index in [1.54, 1.807) is 0 Å². The van der Waals surface area contributed by atoms with Crippen LogP contribution in [0.1, 0.15) is 44.8 Å². The molecule has 0 unspecified atom stereocenters. The van der Waals surface area contributed by atoms with E-state index in [1.807, 2.05) is 13.8 Å². The van der Waals surface area contributed by atoms with Crippen LogP contribution in [-0.2, 0) is 12.8 Å². The van der Waals surface area contributed by atoms with Crippen LogP contribution in [0.25, 0.3) is 20.4 Å². The quantitative estimate of drug-likeness (QED) is 0.185. The molecule has 0 aliphatic carbocycles. The first kappa shape index (κ1) is 30.3. The molecule has 0 bridgehead atoms. The Morgan fingerprint density at radius 1 is 0.794 bits per heavy atom. The summed E-state index contributed by atoms with van der Waals surface area (Å²) in [5.41, 5.74) is 11.2. The smallest absolute Gasteiger partial charge is 0.542 e. The summed E-state index contributed by atoms with van der Waals surface area (Å²) >= 11 is 2.44. The summed E-state index contributed by atoms with van der Waals surface area (Å²) < 4.78 is 0. The van der Waals surface area contributed by atoms with Crippen molar-refractivity contribution in [1.29, 1.82) is 0 Å². The number of anilines is 2. The van der Waals surface area contributed by atoms with E-state index in [4.69, 9.17) is 11.5 Å². The number of hydrogen-bond acceptors (Lipinski definition) is 12. The molecule has 0 fully saturated rings. The van der Waals surface area contributed by atoms with Gasteiger partial charge < -0.3 is 41.2 Å². The number of carboxylic acids is 2. The molecule has 0 atom stereocenters. The zero-order chi connectivity index (χ0) is 23.7. The van der Waals surface area contributed by atoms with E-state index in [0.717, 1.165) is 9.75 Å². The van der Waals surface area contributed by atoms with Crippen molar-refractivity contribution in [2.75, 3.05) is 11.5 Å². The fourth-order valence-corrected chi connectivity index (χ4v) is 4.93. The van der Waals surface area contributed by atoms with Crippen LogP contribution >= 0.6 is 22.7 Å². The molecule has 16 heteroatoms. The summed E-state index contributed by atoms with van der Waals surface area (Å²) in [6, 6.07) is 0. The van der Waals surface area contributed by atoms with Crippen molar-refractivity contribution in [3.05, 3.63) is 42.1 Å². The second kappa shape index (κ2) is 12.3. The van der Waals surface area contributed by atoms with Crippen molar-refractivity contribution in [2.24, 2.45) is 0 Å². The van der Waals surface area contributed by atoms with Crippen molar-refractivity contribution in [3.63, 3.8) is 0 Å². The zero-order valence-corrected chi connectivity index (χ0v) is 24.4. The van der Waals surface area contributed by atoms with Crippen LogP contribution in [0.3, 0.4) is 0 Å². The van der Waals surface area contributed by atoms with Gasteiger partial charge in [-0.05, 0) is 12.8 Å². The van der Waals surface area contributed by atoms with Crippen LogP contribution in [0.4, 0.5) is 11.4 Å². The fourth-order valence-electron chi connectivity index (χ4n) is 2.87. The number of thiophene rings is 2. The number of nitrogens with one attached hydrogen (secondary N) is 2. The van der Waals surface area contributed by atoms with Gasteiger partial charge in [0, 0.05) is 9.75 Å². The molecule has 0 aromatic carbocycles. The van der Waals surface area contributed by atoms with Crippen LogP contribution in [0.5, 0.6) is 0 Å². The minimum Gasteiger partial charge on any atom is -0.542 e. The van der Waals surface area contributed by atoms with Crippen molar-refractivity contribution < 1.29 is 78.9 Å². The molecule has 34 heavy (non-hydrogen) atoms. The van der Waals surface area contributed by atoms with E-state index in [1.165, 1.54) is 22.7 Å². The second-order valence-corrected chi connectivity index (χ2v) is 8.52. The molecule has 0 aliphatic rings. The number of nitrogens with two attached hydrogens (primary N) is 2. The number of rotatable bonds is 4. The number of carboxylic acid groups (broad SMARTS) is 2. The number of hydrogen-bond donors (Lipinski definition) is 4. The van der Waals surface area contributed by atoms with Crippen LogP contribution < -0.4 is 91.9 Å². The number of nitrogens with zero attached hydrogens (tertiary/aromatic N) is 2. The van der Waals surface area contributed by atoms with Crippen LogP contribution in [-0.4, -0.2) is 31.9 Å². The largest absolute Gasteiger partial charge is 1.00 e. The molecule has 4 aromatic heterocycles. The van der Waals surface area contributed by atoms with E-state index < -0.39 is 34.7 Å². The number of aryl methyl sites for hydroxylation is 2. The molecule has 4 heterocycles. The Labute approximate surface area is 243 Å². The molecule has 0 saturated carbocycles. The van der Waals surface area contributed by atoms with Crippen LogP contribution in [0.15, 0.2) is 9.59 Å². The van der Waals surface area contributed by atoms with Gasteiger partial charge in [-0.15, -0.1) is 22.7 Å². The van der Waals surface area contributed by atoms with Crippen LogP contribution in [0.2, 0.25) is 0 Å². The van der Waals surface area contributed by atoms with Gasteiger partial charge in [0.15, 0.2) is 11.6 Å². The maximum absolute atomic E-state index is 11.6. The molecular formula is C18H16N6Na2O6S2. The maximum atomic E-state index is 11.6. The number of carbonyl (C=O) groups excluding carboxylic acids is 2. The summed E-state index contributed by atoms with van der Waals surface area (Å²) in [5, 5.41) is 21.7. The molecular weight excluding hydrogens is 506 g/mol. The average molecular weight is 522 g/mol. The normalized spacial score (nSPS) is 10.2. The molecule has 12 nitrogen and oxygen atoms in total. The molecule has 0 amide bonds. The summed E-state index contributed by atoms with van der Waals surface area (Å²) in [4.78, 5) is 58.5. The molecule has 168 valence electrons. The molecule has 0 spiro atoms. The predicted octanol–water partition coefficient (Wildman–Crippen LogP) is -7.01. The van der Waals surface area contributed by atoms with Gasteiger partial charge in [0.05, 0.1) is 22.1 Å². The predicted molar refractivity (Wildman–Crippen MR) is 117 cm³/mol. The molecule has 4 aromatic rings. The molecule has 6 N–H and O–H groups in total. The van der Waals surface area contributed by atoms with E-state index >= 15 is 0 Å². The van der Waals surface area contributed by atoms with Crippen LogP contribution in [0, 0.1) is 0 Å². The standard InChI is InChI=1S/2C9H9N3O3S.2Na/c2*1-2-3-5(10)4-7(13)11-6(9(14)15)12-8(4)16-3;;/h2*2,10H2,1H3,(H,14,15)(H,11,12,13);;/q;;2*+1/p-2. The Morgan fingerprint density at radius 2 is 1.12 bits per heavy atom. The molecule has 0 saturated heterocycles. The van der Waals surface area contributed by atoms with Gasteiger partial charge in [0.1, 0.15) is 21.6 Å². The zero-order valence-electron chi connectivity index (χ0n) is 18.7. The van der Waals surface area contributed by atoms with Crippen molar-refractivity contribution in [1.82, 2.24) is 19.9 Å². The first-order valence-corrected chi connectivity index (χ1v) is 10.8. The molecule has 4 rings (SSSR count). The number of H-pyrrole nitrogens is 2. The number of fused-ring (bicyclic) bond motifs is 2. The van der Waals surface area contributed by atoms with Gasteiger partial charge in [0.2, 0.25) is 0 Å². The molecule has 0 aliphatic heterocycles. The second-order valence-electron chi connectivity index (χ2n) is 6.35. The Hall–Kier alpha value is -1.78. The first-order chi connectivity index (χ1) is 15.1. The van der Waals surface area contributed by atoms with Gasteiger partial charge >= 0.3 is 59.1 Å². The Morgan fingerprint density at radius 3 is 1.38 bits per heavy atom. The SMILES string of the molecule is CCc1sc2nc(C(=O)[O-])[nH]c(=O)c2c1N.CCc1sc2nc(C(=O)[O-])[nH]c(=O)c2c1N.[Na+].[Na+]. The Bertz CT molecular complexity index is 1380. The van der Waals surface area contributed by atoms with E-state index in [9.17, 15) is 29.4 Å². The first-order valence-electron chi connectivity index (χ1n) is 9.13. The summed E-state index contributed by atoms with van der Waals surface area (Å²) in [5.74, 6) is -3.96. The van der Waals surface area contributed by atoms with Crippen molar-refractivity contribution in [2.45, 2.75) is 26.7 Å². The maximum Gasteiger partial charge on any atom is 1.00 e. The number of aromatic amines is 2. The van der Waals surface area contributed by atoms with Crippen molar-refractivity contribution >= 4 is 66.4 Å². The van der Waals surface area contributed by atoms with E-state index in [0.29, 0.717) is 33.9 Å². The minimum atomic E-state index is -1.51. The monoisotopic (exact) mass is 522 g/mol. The van der Waals surface area contributed by atoms with Gasteiger partial charge in [-0.2, -0.15) is 0 Å². The van der Waals surface area contributed by atoms with Gasteiger partial charge in [-0.3, -0.25) is 9.59 Å². The minimum absolute atomic E-state index is 0. The van der Waals surface area contributed by atoms with Gasteiger partial charge in [-0.25, -0.2) is 9.97 Å². The van der Waals surface area contributed by atoms with E-state index in [-0.39, 0.29) is 69.9 Å². The Balaban J connectivity index is 0.000000321. The third-order valence-electron chi connectivity index (χ3n) is 4.38. The number of nitrogen functional groups attached to an aromatic ring is 2. The molecule has 0 radical (unpaired) electrons. The third-order valence-corrected chi connectivity index (χ3v) is 6.87. The fraction of sp³-hybridized carbons (Fsp3) is 0.222. The topological polar surface area (TPSA) is 224 Å². The van der Waals surface area contributed by atoms with Crippen molar-refractivity contribution in [3.8, 4) is 0 Å². The van der Waals surface area contributed by atoms with Gasteiger partial charge in [-0.1, -0.05) is 13.8 Å². The Kier molecular flexibility index (Phi) is 10.9. The summed E-state index contributed by atoms with van der Waals surface area (Å²) in [6.07, 6.45) is 1.35. The average Bonchev–Trinajstić information content (AvgIpc) is 3.24.